The second-order valence-electron chi connectivity index (χ2n) is 5.52. The first-order valence-corrected chi connectivity index (χ1v) is 6.97. The van der Waals surface area contributed by atoms with Crippen LogP contribution in [-0.4, -0.2) is 16.5 Å². The quantitative estimate of drug-likeness (QED) is 0.847. The molecule has 0 aliphatic carbocycles. The van der Waals surface area contributed by atoms with Crippen LogP contribution in [0.1, 0.15) is 56.5 Å². The molecule has 3 rings (SSSR count). The average Bonchev–Trinajstić information content (AvgIpc) is 2.83. The molecule has 1 aromatic heterocycles. The lowest BCUT2D eigenvalue weighted by atomic mass is 10.0. The molecule has 1 aromatic carbocycles. The molecular formula is C15H21N3. The Morgan fingerprint density at radius 2 is 2.17 bits per heavy atom. The van der Waals surface area contributed by atoms with E-state index >= 15 is 0 Å². The molecule has 0 radical (unpaired) electrons. The predicted molar refractivity (Wildman–Crippen MR) is 74.8 cm³/mol. The molecule has 2 aromatic rings. The van der Waals surface area contributed by atoms with E-state index in [1.165, 1.54) is 30.3 Å². The van der Waals surface area contributed by atoms with Crippen LogP contribution < -0.4 is 5.32 Å². The Morgan fingerprint density at radius 1 is 1.28 bits per heavy atom. The van der Waals surface area contributed by atoms with Crippen LogP contribution in [0.4, 0.5) is 0 Å². The normalized spacial score (nSPS) is 20.7. The summed E-state index contributed by atoms with van der Waals surface area (Å²) in [4.78, 5) is 8.33. The smallest absolute Gasteiger partial charge is 0.124 e. The zero-order valence-electron chi connectivity index (χ0n) is 11.2. The molecule has 1 unspecified atom stereocenters. The maximum absolute atomic E-state index is 4.84. The van der Waals surface area contributed by atoms with Gasteiger partial charge in [-0.2, -0.15) is 0 Å². The number of H-pyrrole nitrogens is 1. The number of aromatic nitrogens is 2. The van der Waals surface area contributed by atoms with Crippen LogP contribution in [0.15, 0.2) is 18.2 Å². The Morgan fingerprint density at radius 3 is 2.89 bits per heavy atom. The Balaban J connectivity index is 2.02. The van der Waals surface area contributed by atoms with E-state index in [4.69, 9.17) is 4.98 Å². The molecule has 1 fully saturated rings. The van der Waals surface area contributed by atoms with Gasteiger partial charge in [0.25, 0.3) is 0 Å². The number of fused-ring (bicyclic) bond motifs is 1. The van der Waals surface area contributed by atoms with Crippen LogP contribution in [0.25, 0.3) is 11.0 Å². The first-order valence-electron chi connectivity index (χ1n) is 6.97. The SMILES string of the molecule is CC(C)c1cccc2[nH]c(C3CCCCN3)nc12. The number of benzene rings is 1. The third kappa shape index (κ3) is 2.03. The second kappa shape index (κ2) is 4.73. The van der Waals surface area contributed by atoms with E-state index in [9.17, 15) is 0 Å². The van der Waals surface area contributed by atoms with Crippen LogP contribution in [0.2, 0.25) is 0 Å². The van der Waals surface area contributed by atoms with E-state index in [1.807, 2.05) is 0 Å². The summed E-state index contributed by atoms with van der Waals surface area (Å²) in [5.41, 5.74) is 3.66. The number of rotatable bonds is 2. The van der Waals surface area contributed by atoms with E-state index in [-0.39, 0.29) is 0 Å². The minimum absolute atomic E-state index is 0.408. The van der Waals surface area contributed by atoms with Gasteiger partial charge in [0.1, 0.15) is 5.82 Å². The van der Waals surface area contributed by atoms with Crippen molar-refractivity contribution in [2.24, 2.45) is 0 Å². The van der Waals surface area contributed by atoms with Gasteiger partial charge in [-0.15, -0.1) is 0 Å². The highest BCUT2D eigenvalue weighted by molar-refractivity contribution is 5.79. The van der Waals surface area contributed by atoms with E-state index in [0.29, 0.717) is 12.0 Å². The minimum Gasteiger partial charge on any atom is -0.341 e. The van der Waals surface area contributed by atoms with Crippen molar-refractivity contribution in [3.05, 3.63) is 29.6 Å². The number of para-hydroxylation sites is 1. The maximum Gasteiger partial charge on any atom is 0.124 e. The van der Waals surface area contributed by atoms with Crippen molar-refractivity contribution in [2.45, 2.75) is 45.1 Å². The number of piperidine rings is 1. The van der Waals surface area contributed by atoms with Crippen molar-refractivity contribution in [1.82, 2.24) is 15.3 Å². The highest BCUT2D eigenvalue weighted by Crippen LogP contribution is 2.27. The molecule has 0 saturated carbocycles. The number of hydrogen-bond acceptors (Lipinski definition) is 2. The van der Waals surface area contributed by atoms with Gasteiger partial charge in [-0.05, 0) is 36.9 Å². The van der Waals surface area contributed by atoms with E-state index < -0.39 is 0 Å². The summed E-state index contributed by atoms with van der Waals surface area (Å²) in [6, 6.07) is 6.84. The predicted octanol–water partition coefficient (Wildman–Crippen LogP) is 3.50. The molecule has 0 spiro atoms. The molecule has 1 aliphatic rings. The fourth-order valence-corrected chi connectivity index (χ4v) is 2.79. The zero-order chi connectivity index (χ0) is 12.5. The molecule has 96 valence electrons. The first kappa shape index (κ1) is 11.7. The molecule has 2 heterocycles. The lowest BCUT2D eigenvalue weighted by Gasteiger charge is -2.21. The molecule has 1 saturated heterocycles. The lowest BCUT2D eigenvalue weighted by Crippen LogP contribution is -2.27. The van der Waals surface area contributed by atoms with E-state index in [0.717, 1.165) is 17.9 Å². The maximum atomic E-state index is 4.84. The summed E-state index contributed by atoms with van der Waals surface area (Å²) in [6.07, 6.45) is 3.77. The zero-order valence-corrected chi connectivity index (χ0v) is 11.2. The Hall–Kier alpha value is -1.35. The molecule has 18 heavy (non-hydrogen) atoms. The number of imidazole rings is 1. The van der Waals surface area contributed by atoms with Crippen LogP contribution in [-0.2, 0) is 0 Å². The van der Waals surface area contributed by atoms with Gasteiger partial charge in [0.05, 0.1) is 17.1 Å². The highest BCUT2D eigenvalue weighted by Gasteiger charge is 2.19. The van der Waals surface area contributed by atoms with Gasteiger partial charge in [-0.25, -0.2) is 4.98 Å². The summed E-state index contributed by atoms with van der Waals surface area (Å²) in [5.74, 6) is 1.63. The van der Waals surface area contributed by atoms with Gasteiger partial charge >= 0.3 is 0 Å². The van der Waals surface area contributed by atoms with Crippen LogP contribution in [0.5, 0.6) is 0 Å². The van der Waals surface area contributed by atoms with Crippen LogP contribution in [0.3, 0.4) is 0 Å². The Bertz CT molecular complexity index is 536. The summed E-state index contributed by atoms with van der Waals surface area (Å²) >= 11 is 0. The number of hydrogen-bond donors (Lipinski definition) is 2. The molecule has 1 aliphatic heterocycles. The van der Waals surface area contributed by atoms with Gasteiger partial charge in [0.2, 0.25) is 0 Å². The topological polar surface area (TPSA) is 40.7 Å². The first-order chi connectivity index (χ1) is 8.75. The van der Waals surface area contributed by atoms with Gasteiger partial charge in [0, 0.05) is 0 Å². The van der Waals surface area contributed by atoms with E-state index in [1.54, 1.807) is 0 Å². The van der Waals surface area contributed by atoms with Crippen LogP contribution in [0, 0.1) is 0 Å². The third-order valence-electron chi connectivity index (χ3n) is 3.82. The fraction of sp³-hybridized carbons (Fsp3) is 0.533. The van der Waals surface area contributed by atoms with Crippen molar-refractivity contribution >= 4 is 11.0 Å². The number of aromatic amines is 1. The highest BCUT2D eigenvalue weighted by atomic mass is 15.0. The molecule has 1 atom stereocenters. The van der Waals surface area contributed by atoms with Crippen molar-refractivity contribution in [3.8, 4) is 0 Å². The molecular weight excluding hydrogens is 222 g/mol. The fourth-order valence-electron chi connectivity index (χ4n) is 2.79. The second-order valence-corrected chi connectivity index (χ2v) is 5.52. The molecule has 3 nitrogen and oxygen atoms in total. The standard InChI is InChI=1S/C15H21N3/c1-10(2)11-6-5-8-12-14(11)18-15(17-12)13-7-3-4-9-16-13/h5-6,8,10,13,16H,3-4,7,9H2,1-2H3,(H,17,18). The monoisotopic (exact) mass is 243 g/mol. The third-order valence-corrected chi connectivity index (χ3v) is 3.82. The van der Waals surface area contributed by atoms with Gasteiger partial charge in [-0.3, -0.25) is 0 Å². The molecule has 0 amide bonds. The van der Waals surface area contributed by atoms with Crippen molar-refractivity contribution in [2.75, 3.05) is 6.54 Å². The van der Waals surface area contributed by atoms with Crippen LogP contribution >= 0.6 is 0 Å². The summed E-state index contributed by atoms with van der Waals surface area (Å²) in [5, 5.41) is 3.55. The van der Waals surface area contributed by atoms with Gasteiger partial charge < -0.3 is 10.3 Å². The number of nitrogens with zero attached hydrogens (tertiary/aromatic N) is 1. The van der Waals surface area contributed by atoms with Gasteiger partial charge in [0.15, 0.2) is 0 Å². The Labute approximate surface area is 108 Å². The largest absolute Gasteiger partial charge is 0.341 e. The van der Waals surface area contributed by atoms with Gasteiger partial charge in [-0.1, -0.05) is 32.4 Å². The summed E-state index contributed by atoms with van der Waals surface area (Å²) < 4.78 is 0. The summed E-state index contributed by atoms with van der Waals surface area (Å²) in [6.45, 7) is 5.56. The van der Waals surface area contributed by atoms with E-state index in [2.05, 4.69) is 42.3 Å². The Kier molecular flexibility index (Phi) is 3.08. The average molecular weight is 243 g/mol. The summed E-state index contributed by atoms with van der Waals surface area (Å²) in [7, 11) is 0. The molecule has 2 N–H and O–H groups in total. The number of nitrogens with one attached hydrogen (secondary N) is 2. The minimum atomic E-state index is 0.408. The molecule has 0 bridgehead atoms. The van der Waals surface area contributed by atoms with Crippen molar-refractivity contribution in [3.63, 3.8) is 0 Å². The van der Waals surface area contributed by atoms with Crippen molar-refractivity contribution in [1.29, 1.82) is 0 Å². The molecule has 3 heteroatoms. The van der Waals surface area contributed by atoms with Crippen molar-refractivity contribution < 1.29 is 0 Å². The lowest BCUT2D eigenvalue weighted by molar-refractivity contribution is 0.400.